The number of ether oxygens (including phenoxy) is 1. The second-order valence-corrected chi connectivity index (χ2v) is 7.00. The Kier molecular flexibility index (Phi) is 5.21. The van der Waals surface area contributed by atoms with Crippen LogP contribution >= 0.6 is 0 Å². The molecule has 1 aliphatic heterocycles. The number of carbonyl (C=O) groups excluding carboxylic acids is 1. The van der Waals surface area contributed by atoms with Gasteiger partial charge in [-0.05, 0) is 49.9 Å². The van der Waals surface area contributed by atoms with E-state index in [1.165, 1.54) is 0 Å². The third-order valence-electron chi connectivity index (χ3n) is 5.23. The number of likely N-dealkylation sites (tertiary alicyclic amines) is 1. The lowest BCUT2D eigenvalue weighted by Gasteiger charge is -2.30. The molecule has 1 saturated heterocycles. The lowest BCUT2D eigenvalue weighted by atomic mass is 9.96. The first-order valence-electron chi connectivity index (χ1n) is 8.93. The van der Waals surface area contributed by atoms with E-state index in [9.17, 15) is 14.4 Å². The first-order chi connectivity index (χ1) is 12.8. The molecule has 144 valence electrons. The van der Waals surface area contributed by atoms with Crippen LogP contribution in [0.25, 0.3) is 11.0 Å². The zero-order valence-electron chi connectivity index (χ0n) is 15.7. The van der Waals surface area contributed by atoms with Gasteiger partial charge in [0.25, 0.3) is 0 Å². The number of piperidine rings is 1. The number of hydrogen-bond donors (Lipinski definition) is 1. The summed E-state index contributed by atoms with van der Waals surface area (Å²) in [6.45, 7) is 4.44. The molecule has 1 N–H and O–H groups in total. The van der Waals surface area contributed by atoms with Crippen molar-refractivity contribution in [1.29, 1.82) is 0 Å². The van der Waals surface area contributed by atoms with Crippen LogP contribution in [0.3, 0.4) is 0 Å². The highest BCUT2D eigenvalue weighted by atomic mass is 16.5. The molecule has 0 unspecified atom stereocenters. The fourth-order valence-corrected chi connectivity index (χ4v) is 3.64. The maximum Gasteiger partial charge on any atom is 0.340 e. The van der Waals surface area contributed by atoms with Crippen LogP contribution in [0.5, 0.6) is 5.75 Å². The third kappa shape index (κ3) is 3.67. The van der Waals surface area contributed by atoms with Gasteiger partial charge in [-0.2, -0.15) is 0 Å². The summed E-state index contributed by atoms with van der Waals surface area (Å²) in [5.74, 6) is -0.827. The van der Waals surface area contributed by atoms with Gasteiger partial charge < -0.3 is 19.2 Å². The van der Waals surface area contributed by atoms with Gasteiger partial charge in [-0.25, -0.2) is 4.79 Å². The molecule has 1 amide bonds. The molecule has 0 atom stereocenters. The number of carboxylic acid groups (broad SMARTS) is 1. The molecule has 2 heterocycles. The summed E-state index contributed by atoms with van der Waals surface area (Å²) in [6, 6.07) is 3.63. The number of nitrogens with zero attached hydrogens (tertiary/aromatic N) is 1. The summed E-state index contributed by atoms with van der Waals surface area (Å²) in [7, 11) is 1.55. The summed E-state index contributed by atoms with van der Waals surface area (Å²) in [6.07, 6.45) is 0.790. The van der Waals surface area contributed by atoms with E-state index in [-0.39, 0.29) is 12.3 Å². The third-order valence-corrected chi connectivity index (χ3v) is 5.23. The Morgan fingerprint density at radius 1 is 1.26 bits per heavy atom. The van der Waals surface area contributed by atoms with E-state index in [4.69, 9.17) is 14.3 Å². The first-order valence-corrected chi connectivity index (χ1v) is 8.93. The fraction of sp³-hybridized carbons (Fsp3) is 0.450. The molecular formula is C20H23NO6. The van der Waals surface area contributed by atoms with Crippen molar-refractivity contribution in [3.05, 3.63) is 39.2 Å². The quantitative estimate of drug-likeness (QED) is 0.826. The average Bonchev–Trinajstić information content (AvgIpc) is 2.63. The van der Waals surface area contributed by atoms with Crippen molar-refractivity contribution in [2.75, 3.05) is 20.2 Å². The highest BCUT2D eigenvalue weighted by molar-refractivity contribution is 5.89. The Morgan fingerprint density at radius 3 is 2.52 bits per heavy atom. The van der Waals surface area contributed by atoms with Crippen LogP contribution in [-0.2, 0) is 16.0 Å². The molecule has 7 heteroatoms. The van der Waals surface area contributed by atoms with Gasteiger partial charge in [0.2, 0.25) is 5.91 Å². The Hall–Kier alpha value is -2.83. The maximum atomic E-state index is 12.7. The van der Waals surface area contributed by atoms with Crippen molar-refractivity contribution in [3.63, 3.8) is 0 Å². The highest BCUT2D eigenvalue weighted by Gasteiger charge is 2.28. The molecule has 2 aromatic rings. The molecule has 0 radical (unpaired) electrons. The standard InChI is InChI=1S/C20H23NO6/c1-11-8-15(26-3)18-12(2)14(20(25)27-16(18)9-11)10-17(22)21-6-4-13(5-7-21)19(23)24/h8-9,13H,4-7,10H2,1-3H3,(H,23,24). The van der Waals surface area contributed by atoms with Crippen molar-refractivity contribution in [2.45, 2.75) is 33.1 Å². The van der Waals surface area contributed by atoms with Crippen LogP contribution in [0.1, 0.15) is 29.5 Å². The molecule has 1 aliphatic rings. The number of aliphatic carboxylic acids is 1. The van der Waals surface area contributed by atoms with Gasteiger partial charge >= 0.3 is 11.6 Å². The lowest BCUT2D eigenvalue weighted by molar-refractivity contribution is -0.145. The van der Waals surface area contributed by atoms with Crippen LogP contribution in [0.15, 0.2) is 21.3 Å². The summed E-state index contributed by atoms with van der Waals surface area (Å²) in [4.78, 5) is 37.8. The normalized spacial score (nSPS) is 15.1. The number of fused-ring (bicyclic) bond motifs is 1. The molecular weight excluding hydrogens is 350 g/mol. The summed E-state index contributed by atoms with van der Waals surface area (Å²) >= 11 is 0. The van der Waals surface area contributed by atoms with Gasteiger partial charge in [0, 0.05) is 13.1 Å². The minimum atomic E-state index is -0.824. The summed E-state index contributed by atoms with van der Waals surface area (Å²) < 4.78 is 10.9. The number of carbonyl (C=O) groups is 2. The van der Waals surface area contributed by atoms with Crippen LogP contribution in [0.4, 0.5) is 0 Å². The van der Waals surface area contributed by atoms with Crippen molar-refractivity contribution < 1.29 is 23.8 Å². The molecule has 0 spiro atoms. The largest absolute Gasteiger partial charge is 0.496 e. The smallest absolute Gasteiger partial charge is 0.340 e. The number of benzene rings is 1. The Balaban J connectivity index is 1.89. The number of carboxylic acids is 1. The number of methoxy groups -OCH3 is 1. The molecule has 0 bridgehead atoms. The minimum absolute atomic E-state index is 0.0706. The van der Waals surface area contributed by atoms with Crippen LogP contribution in [-0.4, -0.2) is 42.1 Å². The van der Waals surface area contributed by atoms with Gasteiger partial charge in [0.1, 0.15) is 11.3 Å². The maximum absolute atomic E-state index is 12.7. The van der Waals surface area contributed by atoms with E-state index in [1.54, 1.807) is 25.0 Å². The average molecular weight is 373 g/mol. The summed E-state index contributed by atoms with van der Waals surface area (Å²) in [5, 5.41) is 9.76. The number of aryl methyl sites for hydroxylation is 2. The monoisotopic (exact) mass is 373 g/mol. The summed E-state index contributed by atoms with van der Waals surface area (Å²) in [5.41, 5.74) is 1.81. The minimum Gasteiger partial charge on any atom is -0.496 e. The molecule has 27 heavy (non-hydrogen) atoms. The molecule has 0 aliphatic carbocycles. The Morgan fingerprint density at radius 2 is 1.93 bits per heavy atom. The number of amides is 1. The molecule has 3 rings (SSSR count). The van der Waals surface area contributed by atoms with Crippen molar-refractivity contribution >= 4 is 22.8 Å². The van der Waals surface area contributed by atoms with Crippen molar-refractivity contribution in [3.8, 4) is 5.75 Å². The number of rotatable bonds is 4. The van der Waals surface area contributed by atoms with Crippen LogP contribution < -0.4 is 10.4 Å². The van der Waals surface area contributed by atoms with Crippen molar-refractivity contribution in [2.24, 2.45) is 5.92 Å². The first kappa shape index (κ1) is 18.9. The van der Waals surface area contributed by atoms with Crippen LogP contribution in [0.2, 0.25) is 0 Å². The molecule has 1 fully saturated rings. The highest BCUT2D eigenvalue weighted by Crippen LogP contribution is 2.31. The van der Waals surface area contributed by atoms with E-state index in [1.807, 2.05) is 13.0 Å². The van der Waals surface area contributed by atoms with E-state index < -0.39 is 17.5 Å². The Labute approximate surface area is 156 Å². The molecule has 1 aromatic heterocycles. The second-order valence-electron chi connectivity index (χ2n) is 7.00. The predicted octanol–water partition coefficient (Wildman–Crippen LogP) is 2.28. The Bertz CT molecular complexity index is 953. The number of hydrogen-bond acceptors (Lipinski definition) is 5. The van der Waals surface area contributed by atoms with Gasteiger partial charge in [0.15, 0.2) is 0 Å². The van der Waals surface area contributed by atoms with Crippen molar-refractivity contribution in [1.82, 2.24) is 4.90 Å². The van der Waals surface area contributed by atoms with Gasteiger partial charge in [0.05, 0.1) is 30.4 Å². The van der Waals surface area contributed by atoms with Gasteiger partial charge in [-0.3, -0.25) is 9.59 Å². The topological polar surface area (TPSA) is 97.0 Å². The van der Waals surface area contributed by atoms with Crippen LogP contribution in [0, 0.1) is 19.8 Å². The zero-order chi connectivity index (χ0) is 19.7. The van der Waals surface area contributed by atoms with Gasteiger partial charge in [-0.15, -0.1) is 0 Å². The zero-order valence-corrected chi connectivity index (χ0v) is 15.7. The van der Waals surface area contributed by atoms with Gasteiger partial charge in [-0.1, -0.05) is 0 Å². The molecule has 0 saturated carbocycles. The molecule has 1 aromatic carbocycles. The second kappa shape index (κ2) is 7.42. The van der Waals surface area contributed by atoms with E-state index in [0.717, 1.165) is 5.56 Å². The fourth-order valence-electron chi connectivity index (χ4n) is 3.64. The van der Waals surface area contributed by atoms with E-state index in [0.29, 0.717) is 53.8 Å². The van der Waals surface area contributed by atoms with E-state index >= 15 is 0 Å². The predicted molar refractivity (Wildman–Crippen MR) is 99.2 cm³/mol. The van der Waals surface area contributed by atoms with E-state index in [2.05, 4.69) is 0 Å². The lowest BCUT2D eigenvalue weighted by Crippen LogP contribution is -2.41. The SMILES string of the molecule is COc1cc(C)cc2oc(=O)c(CC(=O)N3CCC(C(=O)O)CC3)c(C)c12. The molecule has 7 nitrogen and oxygen atoms in total.